The van der Waals surface area contributed by atoms with Crippen LogP contribution in [0.3, 0.4) is 0 Å². The lowest BCUT2D eigenvalue weighted by molar-refractivity contribution is -0.122. The summed E-state index contributed by atoms with van der Waals surface area (Å²) < 4.78 is 10.8. The molecule has 1 atom stereocenters. The van der Waals surface area contributed by atoms with Crippen molar-refractivity contribution in [3.05, 3.63) is 70.6 Å². The number of hydrogen-bond acceptors (Lipinski definition) is 4. The van der Waals surface area contributed by atoms with Crippen molar-refractivity contribution >= 4 is 22.6 Å². The molecule has 3 aromatic rings. The van der Waals surface area contributed by atoms with Crippen molar-refractivity contribution in [2.75, 3.05) is 5.32 Å². The first-order valence-electron chi connectivity index (χ1n) is 8.15. The van der Waals surface area contributed by atoms with E-state index in [-0.39, 0.29) is 5.91 Å². The summed E-state index contributed by atoms with van der Waals surface area (Å²) in [7, 11) is 0. The van der Waals surface area contributed by atoms with Gasteiger partial charge in [-0.15, -0.1) is 0 Å². The first-order valence-corrected chi connectivity index (χ1v) is 8.15. The predicted molar refractivity (Wildman–Crippen MR) is 97.0 cm³/mol. The summed E-state index contributed by atoms with van der Waals surface area (Å²) in [5.74, 6) is 0.213. The van der Waals surface area contributed by atoms with E-state index in [9.17, 15) is 9.59 Å². The van der Waals surface area contributed by atoms with Crippen LogP contribution in [0.5, 0.6) is 5.75 Å². The van der Waals surface area contributed by atoms with E-state index in [1.807, 2.05) is 24.3 Å². The number of anilines is 1. The smallest absolute Gasteiger partial charge is 0.336 e. The molecule has 0 spiro atoms. The first kappa shape index (κ1) is 16.8. The quantitative estimate of drug-likeness (QED) is 0.720. The molecule has 0 saturated carbocycles. The number of benzene rings is 2. The third-order valence-electron chi connectivity index (χ3n) is 3.91. The van der Waals surface area contributed by atoms with Crippen LogP contribution in [0.1, 0.15) is 19.4 Å². The normalized spacial score (nSPS) is 11.9. The molecule has 2 aromatic carbocycles. The highest BCUT2D eigenvalue weighted by Crippen LogP contribution is 2.21. The largest absolute Gasteiger partial charge is 0.481 e. The van der Waals surface area contributed by atoms with Gasteiger partial charge >= 0.3 is 5.63 Å². The second-order valence-electron chi connectivity index (χ2n) is 5.75. The Bertz CT molecular complexity index is 944. The van der Waals surface area contributed by atoms with Crippen LogP contribution in [0, 0.1) is 0 Å². The Morgan fingerprint density at radius 1 is 1.12 bits per heavy atom. The van der Waals surface area contributed by atoms with Crippen LogP contribution in [0.25, 0.3) is 11.0 Å². The van der Waals surface area contributed by atoms with E-state index in [1.54, 1.807) is 31.2 Å². The summed E-state index contributed by atoms with van der Waals surface area (Å²) >= 11 is 0. The van der Waals surface area contributed by atoms with E-state index < -0.39 is 11.7 Å². The molecule has 5 heteroatoms. The maximum atomic E-state index is 12.3. The van der Waals surface area contributed by atoms with Gasteiger partial charge in [0.05, 0.1) is 0 Å². The number of carbonyl (C=O) groups is 1. The van der Waals surface area contributed by atoms with Crippen LogP contribution >= 0.6 is 0 Å². The summed E-state index contributed by atoms with van der Waals surface area (Å²) in [6.45, 7) is 3.75. The number of rotatable bonds is 5. The third kappa shape index (κ3) is 4.07. The molecule has 0 aliphatic heterocycles. The molecule has 5 nitrogen and oxygen atoms in total. The Morgan fingerprint density at radius 3 is 2.56 bits per heavy atom. The highest BCUT2D eigenvalue weighted by Gasteiger charge is 2.15. The molecule has 1 amide bonds. The molecule has 0 aliphatic carbocycles. The van der Waals surface area contributed by atoms with Crippen molar-refractivity contribution in [3.63, 3.8) is 0 Å². The van der Waals surface area contributed by atoms with Gasteiger partial charge in [-0.1, -0.05) is 19.1 Å². The molecule has 1 N–H and O–H groups in total. The van der Waals surface area contributed by atoms with Crippen molar-refractivity contribution in [2.24, 2.45) is 0 Å². The van der Waals surface area contributed by atoms with E-state index in [0.29, 0.717) is 11.3 Å². The minimum Gasteiger partial charge on any atom is -0.481 e. The Balaban J connectivity index is 1.69. The summed E-state index contributed by atoms with van der Waals surface area (Å²) in [6.07, 6.45) is 0.255. The molecule has 3 rings (SSSR count). The zero-order valence-electron chi connectivity index (χ0n) is 14.1. The summed E-state index contributed by atoms with van der Waals surface area (Å²) in [5.41, 5.74) is 1.93. The second-order valence-corrected chi connectivity index (χ2v) is 5.75. The van der Waals surface area contributed by atoms with Gasteiger partial charge < -0.3 is 14.5 Å². The van der Waals surface area contributed by atoms with Gasteiger partial charge in [-0.2, -0.15) is 0 Å². The Hall–Kier alpha value is -3.08. The fourth-order valence-corrected chi connectivity index (χ4v) is 2.44. The highest BCUT2D eigenvalue weighted by molar-refractivity contribution is 5.94. The molecule has 0 saturated heterocycles. The highest BCUT2D eigenvalue weighted by atomic mass is 16.5. The van der Waals surface area contributed by atoms with Crippen LogP contribution in [-0.2, 0) is 11.2 Å². The van der Waals surface area contributed by atoms with Crippen molar-refractivity contribution in [1.29, 1.82) is 0 Å². The Kier molecular flexibility index (Phi) is 4.84. The lowest BCUT2D eigenvalue weighted by Crippen LogP contribution is -2.30. The van der Waals surface area contributed by atoms with E-state index in [0.717, 1.165) is 17.5 Å². The van der Waals surface area contributed by atoms with Crippen molar-refractivity contribution in [1.82, 2.24) is 0 Å². The van der Waals surface area contributed by atoms with Crippen LogP contribution in [0.15, 0.2) is 63.8 Å². The van der Waals surface area contributed by atoms with Gasteiger partial charge in [0, 0.05) is 23.2 Å². The fraction of sp³-hybridized carbons (Fsp3) is 0.200. The van der Waals surface area contributed by atoms with Gasteiger partial charge in [-0.3, -0.25) is 4.79 Å². The van der Waals surface area contributed by atoms with Crippen LogP contribution in [-0.4, -0.2) is 12.0 Å². The van der Waals surface area contributed by atoms with E-state index in [4.69, 9.17) is 9.15 Å². The predicted octanol–water partition coefficient (Wildman–Crippen LogP) is 3.76. The SMILES string of the molecule is CCc1ccc(NC(=O)C(C)Oc2ccc3ccc(=O)oc3c2)cc1. The van der Waals surface area contributed by atoms with Crippen molar-refractivity contribution in [3.8, 4) is 5.75 Å². The van der Waals surface area contributed by atoms with Gasteiger partial charge in [-0.25, -0.2) is 4.79 Å². The molecule has 1 heterocycles. The van der Waals surface area contributed by atoms with Crippen LogP contribution in [0.2, 0.25) is 0 Å². The van der Waals surface area contributed by atoms with Crippen molar-refractivity contribution < 1.29 is 13.9 Å². The zero-order chi connectivity index (χ0) is 17.8. The van der Waals surface area contributed by atoms with Gasteiger partial charge in [0.1, 0.15) is 11.3 Å². The average molecular weight is 337 g/mol. The van der Waals surface area contributed by atoms with E-state index >= 15 is 0 Å². The molecule has 0 fully saturated rings. The van der Waals surface area contributed by atoms with Gasteiger partial charge in [-0.05, 0) is 49.2 Å². The molecular weight excluding hydrogens is 318 g/mol. The lowest BCUT2D eigenvalue weighted by Gasteiger charge is -2.15. The van der Waals surface area contributed by atoms with Gasteiger partial charge in [0.2, 0.25) is 0 Å². The van der Waals surface area contributed by atoms with E-state index in [1.165, 1.54) is 11.6 Å². The molecule has 1 aromatic heterocycles. The molecule has 0 radical (unpaired) electrons. The summed E-state index contributed by atoms with van der Waals surface area (Å²) in [5, 5.41) is 3.61. The second kappa shape index (κ2) is 7.21. The number of ether oxygens (including phenoxy) is 1. The van der Waals surface area contributed by atoms with Crippen molar-refractivity contribution in [2.45, 2.75) is 26.4 Å². The maximum Gasteiger partial charge on any atom is 0.336 e. The summed E-state index contributed by atoms with van der Waals surface area (Å²) in [6, 6.07) is 15.9. The minimum atomic E-state index is -0.696. The topological polar surface area (TPSA) is 68.5 Å². The number of aryl methyl sites for hydroxylation is 1. The number of amides is 1. The molecule has 25 heavy (non-hydrogen) atoms. The Morgan fingerprint density at radius 2 is 1.84 bits per heavy atom. The number of nitrogens with one attached hydrogen (secondary N) is 1. The number of fused-ring (bicyclic) bond motifs is 1. The molecular formula is C20H19NO4. The molecule has 0 aliphatic rings. The minimum absolute atomic E-state index is 0.251. The summed E-state index contributed by atoms with van der Waals surface area (Å²) in [4.78, 5) is 23.6. The van der Waals surface area contributed by atoms with E-state index in [2.05, 4.69) is 12.2 Å². The number of carbonyl (C=O) groups excluding carboxylic acids is 1. The Labute approximate surface area is 145 Å². The molecule has 128 valence electrons. The maximum absolute atomic E-state index is 12.3. The standard InChI is InChI=1S/C20H19NO4/c1-3-14-4-8-16(9-5-14)21-20(23)13(2)24-17-10-6-15-7-11-19(22)25-18(15)12-17/h4-13H,3H2,1-2H3,(H,21,23). The first-order chi connectivity index (χ1) is 12.0. The fourth-order valence-electron chi connectivity index (χ4n) is 2.44. The number of hydrogen-bond donors (Lipinski definition) is 1. The van der Waals surface area contributed by atoms with Gasteiger partial charge in [0.15, 0.2) is 6.10 Å². The van der Waals surface area contributed by atoms with Crippen LogP contribution in [0.4, 0.5) is 5.69 Å². The lowest BCUT2D eigenvalue weighted by atomic mass is 10.1. The third-order valence-corrected chi connectivity index (χ3v) is 3.91. The molecule has 1 unspecified atom stereocenters. The van der Waals surface area contributed by atoms with Crippen LogP contribution < -0.4 is 15.7 Å². The molecule has 0 bridgehead atoms. The zero-order valence-corrected chi connectivity index (χ0v) is 14.1. The van der Waals surface area contributed by atoms with Gasteiger partial charge in [0.25, 0.3) is 5.91 Å². The monoisotopic (exact) mass is 337 g/mol. The average Bonchev–Trinajstić information content (AvgIpc) is 2.62.